The van der Waals surface area contributed by atoms with E-state index in [0.717, 1.165) is 10.5 Å². The van der Waals surface area contributed by atoms with Gasteiger partial charge in [0.1, 0.15) is 11.7 Å². The summed E-state index contributed by atoms with van der Waals surface area (Å²) in [6, 6.07) is 0. The van der Waals surface area contributed by atoms with Gasteiger partial charge in [-0.25, -0.2) is 9.97 Å². The van der Waals surface area contributed by atoms with Gasteiger partial charge < -0.3 is 17.3 Å². The molecule has 94 valence electrons. The van der Waals surface area contributed by atoms with Gasteiger partial charge in [0.2, 0.25) is 5.69 Å². The Balaban J connectivity index is 0.000000249. The zero-order valence-corrected chi connectivity index (χ0v) is 10.2. The highest BCUT2D eigenvalue weighted by Crippen LogP contribution is 2.19. The molecule has 0 unspecified atom stereocenters. The lowest BCUT2D eigenvalue weighted by atomic mass is 10.2. The molecule has 0 N–H and O–H groups in total. The fourth-order valence-electron chi connectivity index (χ4n) is 1.29. The molecule has 0 aliphatic carbocycles. The van der Waals surface area contributed by atoms with Crippen LogP contribution >= 0.6 is 11.5 Å². The van der Waals surface area contributed by atoms with E-state index in [-0.39, 0.29) is 0 Å². The largest absolute Gasteiger partial charge is 0.673 e. The van der Waals surface area contributed by atoms with Crippen molar-refractivity contribution >= 4 is 29.0 Å². The Morgan fingerprint density at radius 2 is 1.71 bits per heavy atom. The van der Waals surface area contributed by atoms with Crippen molar-refractivity contribution in [2.24, 2.45) is 7.05 Å². The first-order valence-electron chi connectivity index (χ1n) is 4.64. The van der Waals surface area contributed by atoms with E-state index >= 15 is 0 Å². The number of halogens is 4. The first kappa shape index (κ1) is 13.8. The van der Waals surface area contributed by atoms with Crippen LogP contribution in [0.2, 0.25) is 0 Å². The molecular weight excluding hydrogens is 257 g/mol. The minimum absolute atomic E-state index is 1.06. The van der Waals surface area contributed by atoms with Crippen LogP contribution in [0.1, 0.15) is 11.4 Å². The molecule has 0 saturated carbocycles. The summed E-state index contributed by atoms with van der Waals surface area (Å²) in [4.78, 5) is 9.45. The molecule has 0 radical (unpaired) electrons. The lowest BCUT2D eigenvalue weighted by Gasteiger charge is -1.94. The number of nitrogens with zero attached hydrogens (tertiary/aromatic N) is 3. The number of hydrogen-bond donors (Lipinski definition) is 0. The van der Waals surface area contributed by atoms with Gasteiger partial charge in [0, 0.05) is 6.92 Å². The molecule has 0 spiro atoms. The smallest absolute Gasteiger partial charge is 0.418 e. The van der Waals surface area contributed by atoms with Crippen LogP contribution in [0.25, 0.3) is 10.2 Å². The summed E-state index contributed by atoms with van der Waals surface area (Å²) in [5.74, 6) is 0. The van der Waals surface area contributed by atoms with Crippen LogP contribution in [0.15, 0.2) is 6.33 Å². The summed E-state index contributed by atoms with van der Waals surface area (Å²) in [5, 5.41) is 1.20. The monoisotopic (exact) mass is 267 g/mol. The molecule has 0 bridgehead atoms. The predicted molar refractivity (Wildman–Crippen MR) is 58.3 cm³/mol. The Hall–Kier alpha value is -1.25. The zero-order chi connectivity index (χ0) is 13.2. The fraction of sp³-hybridized carbons (Fsp3) is 0.375. The Bertz CT molecular complexity index is 519. The van der Waals surface area contributed by atoms with E-state index in [1.807, 2.05) is 14.0 Å². The number of aryl methyl sites for hydroxylation is 3. The van der Waals surface area contributed by atoms with Crippen molar-refractivity contribution in [2.75, 3.05) is 0 Å². The zero-order valence-electron chi connectivity index (χ0n) is 9.42. The maximum absolute atomic E-state index is 9.75. The van der Waals surface area contributed by atoms with Crippen molar-refractivity contribution in [3.05, 3.63) is 17.7 Å². The number of hydrogen-bond acceptors (Lipinski definition) is 3. The van der Waals surface area contributed by atoms with Gasteiger partial charge in [-0.05, 0) is 6.92 Å². The molecule has 2 heterocycles. The van der Waals surface area contributed by atoms with Gasteiger partial charge >= 0.3 is 7.25 Å². The maximum Gasteiger partial charge on any atom is 0.673 e. The van der Waals surface area contributed by atoms with Crippen molar-refractivity contribution < 1.29 is 21.2 Å². The van der Waals surface area contributed by atoms with Crippen LogP contribution in [0, 0.1) is 13.8 Å². The van der Waals surface area contributed by atoms with E-state index in [9.17, 15) is 17.3 Å². The van der Waals surface area contributed by atoms with E-state index in [1.165, 1.54) is 11.1 Å². The summed E-state index contributed by atoms with van der Waals surface area (Å²) >= 11 is 1.66. The molecule has 0 fully saturated rings. The van der Waals surface area contributed by atoms with Gasteiger partial charge in [-0.15, -0.1) is 3.96 Å². The van der Waals surface area contributed by atoms with Crippen LogP contribution in [-0.4, -0.2) is 17.2 Å². The molecule has 0 aromatic carbocycles. The van der Waals surface area contributed by atoms with Crippen LogP contribution in [0.3, 0.4) is 0 Å². The average molecular weight is 267 g/mol. The quantitative estimate of drug-likeness (QED) is 0.417. The van der Waals surface area contributed by atoms with Gasteiger partial charge in [-0.1, -0.05) is 0 Å². The second-order valence-corrected chi connectivity index (χ2v) is 4.43. The van der Waals surface area contributed by atoms with E-state index in [4.69, 9.17) is 0 Å². The van der Waals surface area contributed by atoms with Gasteiger partial charge in [0.05, 0.1) is 5.69 Å². The van der Waals surface area contributed by atoms with Gasteiger partial charge in [-0.3, -0.25) is 0 Å². The topological polar surface area (TPSA) is 29.7 Å². The van der Waals surface area contributed by atoms with Crippen molar-refractivity contribution in [3.63, 3.8) is 0 Å². The minimum atomic E-state index is -6.00. The Morgan fingerprint density at radius 1 is 1.18 bits per heavy atom. The molecule has 9 heteroatoms. The minimum Gasteiger partial charge on any atom is -0.418 e. The highest BCUT2D eigenvalue weighted by atomic mass is 32.1. The molecule has 2 rings (SSSR count). The molecule has 0 aliphatic rings. The van der Waals surface area contributed by atoms with E-state index in [2.05, 4.69) is 20.8 Å². The van der Waals surface area contributed by atoms with Crippen molar-refractivity contribution in [2.45, 2.75) is 13.8 Å². The summed E-state index contributed by atoms with van der Waals surface area (Å²) in [6.07, 6.45) is 1.62. The van der Waals surface area contributed by atoms with Crippen LogP contribution in [0.5, 0.6) is 0 Å². The first-order chi connectivity index (χ1) is 7.70. The Labute approximate surface area is 99.4 Å². The highest BCUT2D eigenvalue weighted by Gasteiger charge is 2.20. The lowest BCUT2D eigenvalue weighted by Crippen LogP contribution is -2.24. The molecule has 0 saturated heterocycles. The normalized spacial score (nSPS) is 11.2. The van der Waals surface area contributed by atoms with Crippen LogP contribution < -0.4 is 3.96 Å². The number of aromatic nitrogens is 3. The Morgan fingerprint density at radius 3 is 2.18 bits per heavy atom. The van der Waals surface area contributed by atoms with E-state index in [1.54, 1.807) is 17.9 Å². The molecule has 0 aliphatic heterocycles. The van der Waals surface area contributed by atoms with Crippen LogP contribution in [0.4, 0.5) is 17.3 Å². The number of fused-ring (bicyclic) bond motifs is 1. The SMILES string of the molecule is Cc1ncnc2s[n+](C)c(C)c12.F[B-](F)(F)F. The predicted octanol–water partition coefficient (Wildman–Crippen LogP) is 2.43. The third-order valence-electron chi connectivity index (χ3n) is 2.06. The van der Waals surface area contributed by atoms with Crippen molar-refractivity contribution in [3.8, 4) is 0 Å². The lowest BCUT2D eigenvalue weighted by molar-refractivity contribution is -0.606. The summed E-state index contributed by atoms with van der Waals surface area (Å²) in [7, 11) is -3.96. The van der Waals surface area contributed by atoms with Gasteiger partial charge in [0.15, 0.2) is 23.4 Å². The molecule has 0 amide bonds. The first-order valence-corrected chi connectivity index (χ1v) is 5.42. The molecule has 17 heavy (non-hydrogen) atoms. The average Bonchev–Trinajstić information content (AvgIpc) is 2.41. The second kappa shape index (κ2) is 4.95. The molecule has 3 nitrogen and oxygen atoms in total. The van der Waals surface area contributed by atoms with Crippen molar-refractivity contribution in [1.82, 2.24) is 9.97 Å². The highest BCUT2D eigenvalue weighted by molar-refractivity contribution is 7.09. The Kier molecular flexibility index (Phi) is 4.02. The van der Waals surface area contributed by atoms with E-state index in [0.29, 0.717) is 0 Å². The van der Waals surface area contributed by atoms with Gasteiger partial charge in [-0.2, -0.15) is 0 Å². The summed E-state index contributed by atoms with van der Waals surface area (Å²) in [5.41, 5.74) is 2.31. The van der Waals surface area contributed by atoms with E-state index < -0.39 is 7.25 Å². The molecule has 2 aromatic rings. The summed E-state index contributed by atoms with van der Waals surface area (Å²) in [6.45, 7) is 4.11. The number of rotatable bonds is 0. The summed E-state index contributed by atoms with van der Waals surface area (Å²) < 4.78 is 41.1. The fourth-order valence-corrected chi connectivity index (χ4v) is 2.26. The third kappa shape index (κ3) is 3.92. The van der Waals surface area contributed by atoms with Crippen LogP contribution in [-0.2, 0) is 7.05 Å². The van der Waals surface area contributed by atoms with Gasteiger partial charge in [0.25, 0.3) is 0 Å². The molecule has 0 atom stereocenters. The van der Waals surface area contributed by atoms with Crippen molar-refractivity contribution in [1.29, 1.82) is 0 Å². The molecular formula is C8H10BF4N3S. The maximum atomic E-state index is 9.75. The molecule has 2 aromatic heterocycles. The second-order valence-electron chi connectivity index (χ2n) is 3.31. The third-order valence-corrected chi connectivity index (χ3v) is 3.09. The standard InChI is InChI=1S/C8H10N3S.BF4/c1-5-7-6(2)11(3)12-8(7)10-4-9-5;2-1(3,4)5/h4H,1-3H3;/q+1;-1.